The molecule has 0 radical (unpaired) electrons. The summed E-state index contributed by atoms with van der Waals surface area (Å²) in [7, 11) is 0. The maximum Gasteiger partial charge on any atom is 0.180 e. The molecule has 3 aromatic heterocycles. The minimum atomic E-state index is -1.86. The highest BCUT2D eigenvalue weighted by Gasteiger charge is 2.29. The third kappa shape index (κ3) is 6.09. The fourth-order valence-electron chi connectivity index (χ4n) is 5.95. The van der Waals surface area contributed by atoms with E-state index in [1.165, 1.54) is 0 Å². The van der Waals surface area contributed by atoms with Gasteiger partial charge >= 0.3 is 0 Å². The highest BCUT2D eigenvalue weighted by Crippen LogP contribution is 2.31. The minimum Gasteiger partial charge on any atom is -0.492 e. The molecule has 5 heterocycles. The number of aromatic nitrogens is 4. The van der Waals surface area contributed by atoms with Crippen molar-refractivity contribution in [2.45, 2.75) is 38.6 Å². The van der Waals surface area contributed by atoms with Gasteiger partial charge < -0.3 is 28.9 Å². The van der Waals surface area contributed by atoms with E-state index in [1.54, 1.807) is 13.1 Å². The molecule has 1 unspecified atom stereocenters. The molecular formula is C30H39N7O4S. The van der Waals surface area contributed by atoms with Gasteiger partial charge in [-0.3, -0.25) is 9.80 Å². The number of nitrogens with zero attached hydrogens (tertiary/aromatic N) is 5. The van der Waals surface area contributed by atoms with Crippen molar-refractivity contribution in [2.75, 3.05) is 57.9 Å². The Kier molecular flexibility index (Phi) is 8.59. The second-order valence-corrected chi connectivity index (χ2v) is 12.3. The fraction of sp³-hybridized carbons (Fsp3) is 0.467. The number of anilines is 1. The van der Waals surface area contributed by atoms with Crippen LogP contribution in [0.3, 0.4) is 0 Å². The van der Waals surface area contributed by atoms with Crippen molar-refractivity contribution >= 4 is 27.9 Å². The lowest BCUT2D eigenvalue weighted by Gasteiger charge is -2.26. The number of likely N-dealkylation sites (tertiary alicyclic amines) is 1. The van der Waals surface area contributed by atoms with E-state index in [0.717, 1.165) is 91.2 Å². The molecule has 0 saturated carbocycles. The van der Waals surface area contributed by atoms with E-state index in [-0.39, 0.29) is 11.4 Å². The lowest BCUT2D eigenvalue weighted by Crippen LogP contribution is -2.38. The highest BCUT2D eigenvalue weighted by atomic mass is 32.2. The first-order valence-electron chi connectivity index (χ1n) is 14.5. The Morgan fingerprint density at radius 2 is 1.98 bits per heavy atom. The number of hydrogen-bond acceptors (Lipinski definition) is 8. The third-order valence-corrected chi connectivity index (χ3v) is 9.22. The zero-order valence-corrected chi connectivity index (χ0v) is 25.2. The predicted molar refractivity (Wildman–Crippen MR) is 165 cm³/mol. The molecule has 3 N–H and O–H groups in total. The summed E-state index contributed by atoms with van der Waals surface area (Å²) in [5.41, 5.74) is 6.72. The molecule has 0 amide bonds. The zero-order chi connectivity index (χ0) is 29.2. The lowest BCUT2D eigenvalue weighted by molar-refractivity contribution is 0.0322. The maximum absolute atomic E-state index is 11.5. The van der Waals surface area contributed by atoms with Gasteiger partial charge in [-0.1, -0.05) is 0 Å². The number of morpholine rings is 1. The van der Waals surface area contributed by atoms with Gasteiger partial charge in [-0.05, 0) is 63.6 Å². The van der Waals surface area contributed by atoms with Crippen LogP contribution >= 0.6 is 0 Å². The van der Waals surface area contributed by atoms with Crippen molar-refractivity contribution in [1.29, 1.82) is 0 Å². The number of benzene rings is 1. The Hall–Kier alpha value is -3.29. The van der Waals surface area contributed by atoms with Gasteiger partial charge in [-0.25, -0.2) is 14.2 Å². The Balaban J connectivity index is 1.16. The molecule has 12 heteroatoms. The van der Waals surface area contributed by atoms with Gasteiger partial charge in [0.05, 0.1) is 18.9 Å². The average Bonchev–Trinajstić information content (AvgIpc) is 3.71. The second-order valence-electron chi connectivity index (χ2n) is 11.1. The number of aryl methyl sites for hydroxylation is 1. The van der Waals surface area contributed by atoms with Gasteiger partial charge in [-0.2, -0.15) is 0 Å². The summed E-state index contributed by atoms with van der Waals surface area (Å²) in [5, 5.41) is 3.23. The molecule has 0 spiro atoms. The summed E-state index contributed by atoms with van der Waals surface area (Å²) in [4.78, 5) is 17.3. The average molecular weight is 594 g/mol. The van der Waals surface area contributed by atoms with Crippen LogP contribution in [0.4, 0.5) is 5.69 Å². The summed E-state index contributed by atoms with van der Waals surface area (Å²) >= 11 is -1.86. The van der Waals surface area contributed by atoms with Gasteiger partial charge in [0.2, 0.25) is 0 Å². The fourth-order valence-corrected chi connectivity index (χ4v) is 6.40. The van der Waals surface area contributed by atoms with Crippen LogP contribution in [0.25, 0.3) is 28.2 Å². The molecule has 2 aliphatic rings. The molecule has 11 nitrogen and oxygen atoms in total. The normalized spacial score (nSPS) is 19.8. The number of imidazole rings is 1. The summed E-state index contributed by atoms with van der Waals surface area (Å²) in [5.74, 6) is 1.63. The maximum atomic E-state index is 11.5. The zero-order valence-electron chi connectivity index (χ0n) is 24.4. The lowest BCUT2D eigenvalue weighted by atomic mass is 10.2. The predicted octanol–water partition coefficient (Wildman–Crippen LogP) is 3.80. The molecule has 2 saturated heterocycles. The van der Waals surface area contributed by atoms with E-state index < -0.39 is 11.1 Å². The molecule has 0 aliphatic carbocycles. The first kappa shape index (κ1) is 28.8. The standard InChI is InChI=1S/C30H39N7O4S/c1-20-18-26(21(2)37(20)24-4-6-25(7-5-24)41-17-14-35-12-15-40-16-13-35)29-33-28-27(8-10-31-30(28)34-29)32-23-9-11-36(19-23)22(3)42(38)39/h4-8,10,18,22-23H,9,11-17,19H2,1-3H3,(H,38,39)(H2,31,32,33,34)/t22-,23-/m0/s1. The first-order valence-corrected chi connectivity index (χ1v) is 15.7. The van der Waals surface area contributed by atoms with Crippen LogP contribution in [-0.4, -0.2) is 102 Å². The molecule has 4 aromatic rings. The quantitative estimate of drug-likeness (QED) is 0.236. The van der Waals surface area contributed by atoms with E-state index in [1.807, 2.05) is 23.1 Å². The summed E-state index contributed by atoms with van der Waals surface area (Å²) < 4.78 is 34.7. The van der Waals surface area contributed by atoms with Crippen LogP contribution in [0, 0.1) is 13.8 Å². The van der Waals surface area contributed by atoms with Crippen molar-refractivity contribution in [3.63, 3.8) is 0 Å². The number of nitrogens with one attached hydrogen (secondary N) is 2. The van der Waals surface area contributed by atoms with Gasteiger partial charge in [0.25, 0.3) is 0 Å². The Morgan fingerprint density at radius 3 is 2.74 bits per heavy atom. The molecule has 2 fully saturated rings. The van der Waals surface area contributed by atoms with E-state index in [2.05, 4.69) is 56.8 Å². The largest absolute Gasteiger partial charge is 0.492 e. The van der Waals surface area contributed by atoms with E-state index in [0.29, 0.717) is 18.8 Å². The summed E-state index contributed by atoms with van der Waals surface area (Å²) in [6, 6.07) is 12.5. The second kappa shape index (κ2) is 12.5. The van der Waals surface area contributed by atoms with E-state index in [9.17, 15) is 8.76 Å². The first-order chi connectivity index (χ1) is 20.4. The summed E-state index contributed by atoms with van der Waals surface area (Å²) in [6.07, 6.45) is 2.66. The van der Waals surface area contributed by atoms with Crippen LogP contribution in [-0.2, 0) is 15.8 Å². The Bertz CT molecular complexity index is 1550. The third-order valence-electron chi connectivity index (χ3n) is 8.34. The van der Waals surface area contributed by atoms with E-state index in [4.69, 9.17) is 14.5 Å². The number of aromatic amines is 1. The molecule has 224 valence electrons. The van der Waals surface area contributed by atoms with Crippen LogP contribution in [0.5, 0.6) is 5.75 Å². The van der Waals surface area contributed by atoms with Crippen molar-refractivity contribution in [2.24, 2.45) is 0 Å². The molecule has 3 atom stereocenters. The van der Waals surface area contributed by atoms with Crippen molar-refractivity contribution in [1.82, 2.24) is 29.3 Å². The monoisotopic (exact) mass is 593 g/mol. The number of ether oxygens (including phenoxy) is 2. The van der Waals surface area contributed by atoms with Crippen molar-refractivity contribution in [3.8, 4) is 22.8 Å². The van der Waals surface area contributed by atoms with Crippen LogP contribution < -0.4 is 10.1 Å². The van der Waals surface area contributed by atoms with Gasteiger partial charge in [0, 0.05) is 67.6 Å². The molecular weight excluding hydrogens is 554 g/mol. The number of pyridine rings is 1. The van der Waals surface area contributed by atoms with Gasteiger partial charge in [-0.15, -0.1) is 0 Å². The van der Waals surface area contributed by atoms with Gasteiger partial charge in [0.1, 0.15) is 29.1 Å². The van der Waals surface area contributed by atoms with Crippen LogP contribution in [0.15, 0.2) is 42.6 Å². The molecule has 42 heavy (non-hydrogen) atoms. The number of H-pyrrole nitrogens is 1. The smallest absolute Gasteiger partial charge is 0.180 e. The summed E-state index contributed by atoms with van der Waals surface area (Å²) in [6.45, 7) is 12.6. The van der Waals surface area contributed by atoms with Crippen molar-refractivity contribution < 1.29 is 18.2 Å². The van der Waals surface area contributed by atoms with E-state index >= 15 is 0 Å². The van der Waals surface area contributed by atoms with Crippen molar-refractivity contribution in [3.05, 3.63) is 54.0 Å². The molecule has 6 rings (SSSR count). The topological polar surface area (TPSA) is 121 Å². The number of fused-ring (bicyclic) bond motifs is 1. The molecule has 2 aliphatic heterocycles. The highest BCUT2D eigenvalue weighted by molar-refractivity contribution is 7.79. The Labute approximate surface area is 248 Å². The molecule has 0 bridgehead atoms. The van der Waals surface area contributed by atoms with Gasteiger partial charge in [0.15, 0.2) is 16.7 Å². The minimum absolute atomic E-state index is 0.171. The van der Waals surface area contributed by atoms with Crippen LogP contribution in [0.2, 0.25) is 0 Å². The number of rotatable bonds is 10. The SMILES string of the molecule is Cc1cc(-c2nc3nccc(N[C@H]4CCN([C@H](C)S(=O)O)C4)c3[nH]2)c(C)n1-c1ccc(OCCN2CCOCC2)cc1. The Morgan fingerprint density at radius 1 is 1.19 bits per heavy atom. The molecule has 1 aromatic carbocycles. The van der Waals surface area contributed by atoms with Crippen LogP contribution in [0.1, 0.15) is 24.7 Å². The number of hydrogen-bond donors (Lipinski definition) is 3.